The van der Waals surface area contributed by atoms with Gasteiger partial charge in [-0.05, 0) is 42.0 Å². The van der Waals surface area contributed by atoms with E-state index in [1.54, 1.807) is 54.9 Å². The summed E-state index contributed by atoms with van der Waals surface area (Å²) < 4.78 is 11.2. The van der Waals surface area contributed by atoms with Gasteiger partial charge in [0, 0.05) is 33.6 Å². The van der Waals surface area contributed by atoms with Crippen molar-refractivity contribution in [1.82, 2.24) is 10.1 Å². The van der Waals surface area contributed by atoms with Crippen molar-refractivity contribution in [3.8, 4) is 22.6 Å². The molecule has 2 heterocycles. The molecular weight excluding hydrogens is 459 g/mol. The first kappa shape index (κ1) is 21.4. The van der Waals surface area contributed by atoms with Crippen LogP contribution >= 0.6 is 34.8 Å². The smallest absolute Gasteiger partial charge is 0.310 e. The molecule has 0 N–H and O–H groups in total. The maximum Gasteiger partial charge on any atom is 0.310 e. The number of esters is 1. The molecule has 0 bridgehead atoms. The molecule has 0 radical (unpaired) electrons. The fraction of sp³-hybridized carbons (Fsp3) is 0.0870. The number of benzene rings is 2. The third-order valence-corrected chi connectivity index (χ3v) is 5.29. The van der Waals surface area contributed by atoms with Crippen molar-refractivity contribution in [2.24, 2.45) is 0 Å². The van der Waals surface area contributed by atoms with Crippen molar-refractivity contribution in [2.75, 3.05) is 0 Å². The van der Waals surface area contributed by atoms with E-state index in [0.29, 0.717) is 43.2 Å². The molecule has 4 aromatic rings. The van der Waals surface area contributed by atoms with Crippen molar-refractivity contribution in [3.05, 3.63) is 93.2 Å². The van der Waals surface area contributed by atoms with Crippen LogP contribution in [0.5, 0.6) is 0 Å². The van der Waals surface area contributed by atoms with Crippen LogP contribution in [0.1, 0.15) is 11.1 Å². The van der Waals surface area contributed by atoms with Crippen molar-refractivity contribution in [2.45, 2.75) is 13.0 Å². The Labute approximate surface area is 193 Å². The second-order valence-electron chi connectivity index (χ2n) is 6.67. The maximum atomic E-state index is 12.4. The van der Waals surface area contributed by atoms with E-state index in [4.69, 9.17) is 44.1 Å². The van der Waals surface area contributed by atoms with Gasteiger partial charge in [0.25, 0.3) is 0 Å². The van der Waals surface area contributed by atoms with E-state index in [2.05, 4.69) is 10.1 Å². The van der Waals surface area contributed by atoms with Crippen LogP contribution in [-0.2, 0) is 22.6 Å². The van der Waals surface area contributed by atoms with Crippen LogP contribution in [0, 0.1) is 0 Å². The standard InChI is InChI=1S/C23H15Cl3N2O3/c24-16-5-1-4-15(10-16)23-19(13-30-21(29)9-14-3-2-8-27-12-14)22(28-31-23)18-7-6-17(25)11-20(18)26/h1-8,10-12H,9,13H2. The van der Waals surface area contributed by atoms with Crippen molar-refractivity contribution in [3.63, 3.8) is 0 Å². The Morgan fingerprint density at radius 3 is 2.58 bits per heavy atom. The quantitative estimate of drug-likeness (QED) is 0.293. The number of carbonyl (C=O) groups excluding carboxylic acids is 1. The molecule has 0 spiro atoms. The van der Waals surface area contributed by atoms with Gasteiger partial charge in [-0.15, -0.1) is 0 Å². The number of hydrogen-bond donors (Lipinski definition) is 0. The van der Waals surface area contributed by atoms with E-state index in [0.717, 1.165) is 5.56 Å². The van der Waals surface area contributed by atoms with Gasteiger partial charge in [0.2, 0.25) is 0 Å². The average Bonchev–Trinajstić information content (AvgIpc) is 3.16. The molecule has 5 nitrogen and oxygen atoms in total. The Morgan fingerprint density at radius 2 is 1.84 bits per heavy atom. The Balaban J connectivity index is 1.67. The number of pyridine rings is 1. The van der Waals surface area contributed by atoms with Gasteiger partial charge in [-0.2, -0.15) is 0 Å². The molecular formula is C23H15Cl3N2O3. The minimum absolute atomic E-state index is 0.0568. The highest BCUT2D eigenvalue weighted by molar-refractivity contribution is 6.36. The largest absolute Gasteiger partial charge is 0.460 e. The average molecular weight is 474 g/mol. The molecule has 0 aliphatic rings. The zero-order valence-electron chi connectivity index (χ0n) is 16.0. The SMILES string of the molecule is O=C(Cc1cccnc1)OCc1c(-c2ccc(Cl)cc2Cl)noc1-c1cccc(Cl)c1. The van der Waals surface area contributed by atoms with Gasteiger partial charge in [0.1, 0.15) is 12.3 Å². The predicted octanol–water partition coefficient (Wildman–Crippen LogP) is 6.65. The topological polar surface area (TPSA) is 65.2 Å². The first-order chi connectivity index (χ1) is 15.0. The highest BCUT2D eigenvalue weighted by Crippen LogP contribution is 2.37. The highest BCUT2D eigenvalue weighted by Gasteiger charge is 2.22. The van der Waals surface area contributed by atoms with Crippen LogP contribution in [0.15, 0.2) is 71.5 Å². The molecule has 0 unspecified atom stereocenters. The fourth-order valence-electron chi connectivity index (χ4n) is 3.07. The number of aromatic nitrogens is 2. The molecule has 31 heavy (non-hydrogen) atoms. The van der Waals surface area contributed by atoms with E-state index in [9.17, 15) is 4.79 Å². The highest BCUT2D eigenvalue weighted by atomic mass is 35.5. The van der Waals surface area contributed by atoms with Crippen LogP contribution in [0.4, 0.5) is 0 Å². The van der Waals surface area contributed by atoms with Crippen molar-refractivity contribution >= 4 is 40.8 Å². The fourth-order valence-corrected chi connectivity index (χ4v) is 3.75. The van der Waals surface area contributed by atoms with E-state index in [1.807, 2.05) is 12.1 Å². The third kappa shape index (κ3) is 5.07. The van der Waals surface area contributed by atoms with Crippen molar-refractivity contribution < 1.29 is 14.1 Å². The van der Waals surface area contributed by atoms with Gasteiger partial charge < -0.3 is 9.26 Å². The lowest BCUT2D eigenvalue weighted by Gasteiger charge is -2.08. The van der Waals surface area contributed by atoms with Crippen LogP contribution in [-0.4, -0.2) is 16.1 Å². The summed E-state index contributed by atoms with van der Waals surface area (Å²) in [5.41, 5.74) is 3.11. The maximum absolute atomic E-state index is 12.4. The van der Waals surface area contributed by atoms with Crippen molar-refractivity contribution in [1.29, 1.82) is 0 Å². The monoisotopic (exact) mass is 472 g/mol. The summed E-state index contributed by atoms with van der Waals surface area (Å²) in [5, 5.41) is 5.64. The molecule has 0 atom stereocenters. The Bertz CT molecular complexity index is 1230. The molecule has 2 aromatic heterocycles. The number of nitrogens with zero attached hydrogens (tertiary/aromatic N) is 2. The number of ether oxygens (including phenoxy) is 1. The zero-order valence-corrected chi connectivity index (χ0v) is 18.3. The predicted molar refractivity (Wildman–Crippen MR) is 120 cm³/mol. The summed E-state index contributed by atoms with van der Waals surface area (Å²) in [5.74, 6) is 0.0390. The first-order valence-corrected chi connectivity index (χ1v) is 10.4. The molecule has 0 fully saturated rings. The van der Waals surface area contributed by atoms with Gasteiger partial charge in [-0.1, -0.05) is 58.2 Å². The third-order valence-electron chi connectivity index (χ3n) is 4.51. The van der Waals surface area contributed by atoms with Gasteiger partial charge in [-0.25, -0.2) is 0 Å². The molecule has 8 heteroatoms. The minimum atomic E-state index is -0.403. The van der Waals surface area contributed by atoms with Gasteiger partial charge in [-0.3, -0.25) is 9.78 Å². The lowest BCUT2D eigenvalue weighted by atomic mass is 10.0. The molecule has 0 aliphatic heterocycles. The van der Waals surface area contributed by atoms with Crippen LogP contribution in [0.2, 0.25) is 15.1 Å². The van der Waals surface area contributed by atoms with Gasteiger partial charge >= 0.3 is 5.97 Å². The summed E-state index contributed by atoms with van der Waals surface area (Å²) in [6, 6.07) is 15.8. The number of halogens is 3. The Morgan fingerprint density at radius 1 is 1.00 bits per heavy atom. The number of carbonyl (C=O) groups is 1. The van der Waals surface area contributed by atoms with Crippen LogP contribution in [0.25, 0.3) is 22.6 Å². The van der Waals surface area contributed by atoms with E-state index < -0.39 is 5.97 Å². The van der Waals surface area contributed by atoms with E-state index >= 15 is 0 Å². The molecule has 0 amide bonds. The second kappa shape index (κ2) is 9.52. The molecule has 0 saturated carbocycles. The summed E-state index contributed by atoms with van der Waals surface area (Å²) in [6.45, 7) is -0.0568. The van der Waals surface area contributed by atoms with Gasteiger partial charge in [0.15, 0.2) is 5.76 Å². The van der Waals surface area contributed by atoms with E-state index in [1.165, 1.54) is 0 Å². The lowest BCUT2D eigenvalue weighted by molar-refractivity contribution is -0.144. The summed E-state index contributed by atoms with van der Waals surface area (Å²) in [6.07, 6.45) is 3.37. The second-order valence-corrected chi connectivity index (χ2v) is 7.95. The van der Waals surface area contributed by atoms with Crippen LogP contribution < -0.4 is 0 Å². The van der Waals surface area contributed by atoms with E-state index in [-0.39, 0.29) is 13.0 Å². The normalized spacial score (nSPS) is 10.8. The molecule has 0 saturated heterocycles. The number of rotatable bonds is 6. The Kier molecular flexibility index (Phi) is 6.56. The molecule has 2 aromatic carbocycles. The zero-order chi connectivity index (χ0) is 21.8. The Hall–Kier alpha value is -2.86. The van der Waals surface area contributed by atoms with Crippen LogP contribution in [0.3, 0.4) is 0 Å². The summed E-state index contributed by atoms with van der Waals surface area (Å²) in [7, 11) is 0. The lowest BCUT2D eigenvalue weighted by Crippen LogP contribution is -2.08. The molecule has 4 rings (SSSR count). The number of hydrogen-bond acceptors (Lipinski definition) is 5. The van der Waals surface area contributed by atoms with Gasteiger partial charge in [0.05, 0.1) is 17.0 Å². The minimum Gasteiger partial charge on any atom is -0.460 e. The molecule has 156 valence electrons. The summed E-state index contributed by atoms with van der Waals surface area (Å²) in [4.78, 5) is 16.4. The summed E-state index contributed by atoms with van der Waals surface area (Å²) >= 11 is 18.6. The first-order valence-electron chi connectivity index (χ1n) is 9.25. The molecule has 0 aliphatic carbocycles.